The van der Waals surface area contributed by atoms with E-state index >= 15 is 0 Å². The zero-order valence-electron chi connectivity index (χ0n) is 11.9. The quantitative estimate of drug-likeness (QED) is 0.852. The van der Waals surface area contributed by atoms with Crippen molar-refractivity contribution in [1.29, 1.82) is 0 Å². The van der Waals surface area contributed by atoms with E-state index in [4.69, 9.17) is 0 Å². The molecule has 0 aliphatic carbocycles. The lowest BCUT2D eigenvalue weighted by molar-refractivity contribution is -0.136. The van der Waals surface area contributed by atoms with Gasteiger partial charge in [-0.05, 0) is 18.4 Å². The molecule has 1 atom stereocenters. The van der Waals surface area contributed by atoms with Crippen LogP contribution >= 0.6 is 0 Å². The number of nitrogens with zero attached hydrogens (tertiary/aromatic N) is 1. The zero-order chi connectivity index (χ0) is 13.7. The van der Waals surface area contributed by atoms with Crippen LogP contribution in [0, 0.1) is 0 Å². The Morgan fingerprint density at radius 2 is 2.00 bits per heavy atom. The van der Waals surface area contributed by atoms with E-state index in [0.717, 1.165) is 38.0 Å². The fourth-order valence-electron chi connectivity index (χ4n) is 2.65. The number of benzene rings is 1. The molecule has 0 spiro atoms. The minimum atomic E-state index is 0.00773. The van der Waals surface area contributed by atoms with Gasteiger partial charge in [-0.1, -0.05) is 44.2 Å². The lowest BCUT2D eigenvalue weighted by atomic mass is 9.93. The first-order valence-electron chi connectivity index (χ1n) is 7.34. The topological polar surface area (TPSA) is 32.3 Å². The van der Waals surface area contributed by atoms with E-state index in [-0.39, 0.29) is 5.92 Å². The maximum atomic E-state index is 12.8. The molecule has 1 amide bonds. The number of rotatable bonds is 6. The molecule has 1 aliphatic rings. The van der Waals surface area contributed by atoms with Gasteiger partial charge in [0, 0.05) is 19.6 Å². The maximum absolute atomic E-state index is 12.8. The second-order valence-corrected chi connectivity index (χ2v) is 5.22. The van der Waals surface area contributed by atoms with Crippen LogP contribution in [0.3, 0.4) is 0 Å². The Hall–Kier alpha value is -1.35. The Morgan fingerprint density at radius 1 is 1.32 bits per heavy atom. The molecule has 1 fully saturated rings. The molecule has 1 aromatic rings. The van der Waals surface area contributed by atoms with E-state index in [1.54, 1.807) is 0 Å². The van der Waals surface area contributed by atoms with Gasteiger partial charge in [-0.25, -0.2) is 0 Å². The Balaban J connectivity index is 2.14. The minimum Gasteiger partial charge on any atom is -0.337 e. The van der Waals surface area contributed by atoms with Crippen molar-refractivity contribution in [2.45, 2.75) is 38.6 Å². The lowest BCUT2D eigenvalue weighted by Gasteiger charge is -2.40. The van der Waals surface area contributed by atoms with E-state index in [1.165, 1.54) is 0 Å². The maximum Gasteiger partial charge on any atom is 0.230 e. The predicted octanol–water partition coefficient (Wildman–Crippen LogP) is 2.39. The van der Waals surface area contributed by atoms with Crippen molar-refractivity contribution in [1.82, 2.24) is 10.2 Å². The number of carbonyl (C=O) groups is 1. The van der Waals surface area contributed by atoms with E-state index in [0.29, 0.717) is 11.9 Å². The monoisotopic (exact) mass is 260 g/mol. The molecular formula is C16H24N2O. The number of nitrogens with one attached hydrogen (secondary N) is 1. The molecule has 104 valence electrons. The van der Waals surface area contributed by atoms with Crippen molar-refractivity contribution < 1.29 is 4.79 Å². The standard InChI is InChI=1S/C16H24N2O/c1-3-10-18(14-11-17-12-14)16(19)15(4-2)13-8-6-5-7-9-13/h5-9,14-15,17H,3-4,10-12H2,1-2H3. The first kappa shape index (κ1) is 14.1. The average Bonchev–Trinajstić information content (AvgIpc) is 2.38. The molecule has 19 heavy (non-hydrogen) atoms. The Kier molecular flexibility index (Phi) is 4.97. The van der Waals surface area contributed by atoms with Crippen LogP contribution in [0.4, 0.5) is 0 Å². The summed E-state index contributed by atoms with van der Waals surface area (Å²) in [5.74, 6) is 0.301. The first-order valence-corrected chi connectivity index (χ1v) is 7.34. The van der Waals surface area contributed by atoms with Crippen LogP contribution < -0.4 is 5.32 Å². The van der Waals surface area contributed by atoms with Gasteiger partial charge in [0.25, 0.3) is 0 Å². The second kappa shape index (κ2) is 6.71. The van der Waals surface area contributed by atoms with E-state index in [9.17, 15) is 4.79 Å². The third-order valence-electron chi connectivity index (χ3n) is 3.86. The number of hydrogen-bond donors (Lipinski definition) is 1. The third-order valence-corrected chi connectivity index (χ3v) is 3.86. The molecule has 3 nitrogen and oxygen atoms in total. The Labute approximate surface area is 116 Å². The van der Waals surface area contributed by atoms with Crippen molar-refractivity contribution in [3.05, 3.63) is 35.9 Å². The highest BCUT2D eigenvalue weighted by molar-refractivity contribution is 5.84. The summed E-state index contributed by atoms with van der Waals surface area (Å²) in [6.45, 7) is 6.98. The molecule has 1 N–H and O–H groups in total. The minimum absolute atomic E-state index is 0.00773. The molecule has 3 heteroatoms. The van der Waals surface area contributed by atoms with Gasteiger partial charge in [0.05, 0.1) is 12.0 Å². The molecule has 1 heterocycles. The fourth-order valence-corrected chi connectivity index (χ4v) is 2.65. The number of hydrogen-bond acceptors (Lipinski definition) is 2. The van der Waals surface area contributed by atoms with Crippen molar-refractivity contribution in [2.75, 3.05) is 19.6 Å². The summed E-state index contributed by atoms with van der Waals surface area (Å²) in [4.78, 5) is 14.9. The summed E-state index contributed by atoms with van der Waals surface area (Å²) in [5.41, 5.74) is 1.14. The molecular weight excluding hydrogens is 236 g/mol. The largest absolute Gasteiger partial charge is 0.337 e. The lowest BCUT2D eigenvalue weighted by Crippen LogP contribution is -2.59. The summed E-state index contributed by atoms with van der Waals surface area (Å²) in [5, 5.41) is 3.26. The van der Waals surface area contributed by atoms with Gasteiger partial charge in [0.15, 0.2) is 0 Å². The highest BCUT2D eigenvalue weighted by Gasteiger charge is 2.31. The normalized spacial score (nSPS) is 16.7. The van der Waals surface area contributed by atoms with Crippen LogP contribution in [0.25, 0.3) is 0 Å². The van der Waals surface area contributed by atoms with Crippen LogP contribution in [0.15, 0.2) is 30.3 Å². The summed E-state index contributed by atoms with van der Waals surface area (Å²) in [6.07, 6.45) is 1.89. The van der Waals surface area contributed by atoms with Gasteiger partial charge in [-0.15, -0.1) is 0 Å². The molecule has 1 aliphatic heterocycles. The van der Waals surface area contributed by atoms with Crippen molar-refractivity contribution >= 4 is 5.91 Å². The summed E-state index contributed by atoms with van der Waals surface area (Å²) in [7, 11) is 0. The Bertz CT molecular complexity index is 400. The summed E-state index contributed by atoms with van der Waals surface area (Å²) in [6, 6.07) is 10.6. The van der Waals surface area contributed by atoms with Crippen LogP contribution in [0.2, 0.25) is 0 Å². The smallest absolute Gasteiger partial charge is 0.230 e. The third kappa shape index (κ3) is 3.16. The number of amides is 1. The molecule has 0 aromatic heterocycles. The fraction of sp³-hybridized carbons (Fsp3) is 0.562. The SMILES string of the molecule is CCCN(C(=O)C(CC)c1ccccc1)C1CNC1. The number of carbonyl (C=O) groups excluding carboxylic acids is 1. The molecule has 1 aromatic carbocycles. The van der Waals surface area contributed by atoms with Gasteiger partial charge in [0.2, 0.25) is 5.91 Å². The summed E-state index contributed by atoms with van der Waals surface area (Å²) < 4.78 is 0. The van der Waals surface area contributed by atoms with E-state index < -0.39 is 0 Å². The van der Waals surface area contributed by atoms with Crippen LogP contribution in [-0.2, 0) is 4.79 Å². The van der Waals surface area contributed by atoms with Crippen molar-refractivity contribution in [2.24, 2.45) is 0 Å². The van der Waals surface area contributed by atoms with Gasteiger partial charge < -0.3 is 10.2 Å². The van der Waals surface area contributed by atoms with Gasteiger partial charge >= 0.3 is 0 Å². The molecule has 0 bridgehead atoms. The molecule has 1 unspecified atom stereocenters. The van der Waals surface area contributed by atoms with Crippen molar-refractivity contribution in [3.8, 4) is 0 Å². The van der Waals surface area contributed by atoms with E-state index in [1.807, 2.05) is 18.2 Å². The Morgan fingerprint density at radius 3 is 2.47 bits per heavy atom. The predicted molar refractivity (Wildman–Crippen MR) is 78.1 cm³/mol. The van der Waals surface area contributed by atoms with E-state index in [2.05, 4.69) is 36.2 Å². The molecule has 1 saturated heterocycles. The molecule has 0 saturated carbocycles. The van der Waals surface area contributed by atoms with Gasteiger partial charge in [-0.2, -0.15) is 0 Å². The van der Waals surface area contributed by atoms with Crippen LogP contribution in [0.1, 0.15) is 38.2 Å². The first-order chi connectivity index (χ1) is 9.27. The molecule has 2 rings (SSSR count). The van der Waals surface area contributed by atoms with Gasteiger partial charge in [-0.3, -0.25) is 4.79 Å². The molecule has 0 radical (unpaired) electrons. The second-order valence-electron chi connectivity index (χ2n) is 5.22. The van der Waals surface area contributed by atoms with Crippen LogP contribution in [-0.4, -0.2) is 36.5 Å². The van der Waals surface area contributed by atoms with Crippen molar-refractivity contribution in [3.63, 3.8) is 0 Å². The van der Waals surface area contributed by atoms with Gasteiger partial charge in [0.1, 0.15) is 0 Å². The zero-order valence-corrected chi connectivity index (χ0v) is 11.9. The highest BCUT2D eigenvalue weighted by atomic mass is 16.2. The summed E-state index contributed by atoms with van der Waals surface area (Å²) >= 11 is 0. The highest BCUT2D eigenvalue weighted by Crippen LogP contribution is 2.24. The average molecular weight is 260 g/mol. The van der Waals surface area contributed by atoms with Crippen LogP contribution in [0.5, 0.6) is 0 Å².